The fourth-order valence-electron chi connectivity index (χ4n) is 2.64. The van der Waals surface area contributed by atoms with Crippen molar-refractivity contribution in [2.24, 2.45) is 0 Å². The molecule has 0 saturated carbocycles. The zero-order chi connectivity index (χ0) is 17.2. The number of halogens is 1. The summed E-state index contributed by atoms with van der Waals surface area (Å²) in [5, 5.41) is 18.1. The second kappa shape index (κ2) is 6.62. The molecule has 0 bridgehead atoms. The summed E-state index contributed by atoms with van der Waals surface area (Å²) in [5.74, 6) is -0.247. The van der Waals surface area contributed by atoms with Crippen molar-refractivity contribution in [2.75, 3.05) is 5.32 Å². The van der Waals surface area contributed by atoms with Crippen LogP contribution in [0.1, 0.15) is 11.1 Å². The molecular weight excluding hydrogens is 339 g/mol. The summed E-state index contributed by atoms with van der Waals surface area (Å²) in [7, 11) is 0. The predicted octanol–water partition coefficient (Wildman–Crippen LogP) is 3.70. The van der Waals surface area contributed by atoms with Crippen molar-refractivity contribution in [2.45, 2.75) is 13.2 Å². The molecule has 0 unspecified atom stereocenters. The predicted molar refractivity (Wildman–Crippen MR) is 95.9 cm³/mol. The van der Waals surface area contributed by atoms with Gasteiger partial charge >= 0.3 is 0 Å². The molecular formula is C18H15FN4OS. The summed E-state index contributed by atoms with van der Waals surface area (Å²) >= 11 is 1.44. The maximum Gasteiger partial charge on any atom is 0.214 e. The third-order valence-electron chi connectivity index (χ3n) is 3.91. The van der Waals surface area contributed by atoms with Gasteiger partial charge < -0.3 is 10.4 Å². The van der Waals surface area contributed by atoms with E-state index in [4.69, 9.17) is 0 Å². The maximum atomic E-state index is 13.0. The summed E-state index contributed by atoms with van der Waals surface area (Å²) in [6.45, 7) is 0.517. The van der Waals surface area contributed by atoms with E-state index >= 15 is 0 Å². The van der Waals surface area contributed by atoms with Gasteiger partial charge in [-0.1, -0.05) is 47.7 Å². The van der Waals surface area contributed by atoms with Crippen LogP contribution < -0.4 is 5.32 Å². The number of hydrogen-bond donors (Lipinski definition) is 2. The van der Waals surface area contributed by atoms with E-state index in [2.05, 4.69) is 15.4 Å². The Morgan fingerprint density at radius 3 is 2.72 bits per heavy atom. The highest BCUT2D eigenvalue weighted by Crippen LogP contribution is 2.28. The molecule has 0 aliphatic heterocycles. The van der Waals surface area contributed by atoms with Crippen molar-refractivity contribution >= 4 is 21.4 Å². The van der Waals surface area contributed by atoms with Gasteiger partial charge in [-0.15, -0.1) is 5.10 Å². The van der Waals surface area contributed by atoms with Crippen molar-refractivity contribution < 1.29 is 9.50 Å². The van der Waals surface area contributed by atoms with Crippen LogP contribution in [0.5, 0.6) is 0 Å². The molecule has 7 heteroatoms. The van der Waals surface area contributed by atoms with Crippen LogP contribution in [-0.4, -0.2) is 19.7 Å². The summed E-state index contributed by atoms with van der Waals surface area (Å²) in [4.78, 5) is 5.17. The standard InChI is InChI=1S/C18H15FN4OS/c19-14-7-5-12(6-8-14)9-20-17-22-23-16(10-21-18(23)25-17)15-4-2-1-3-13(15)11-24/h1-8,10,24H,9,11H2,(H,20,22). The maximum absolute atomic E-state index is 13.0. The van der Waals surface area contributed by atoms with Gasteiger partial charge in [0.2, 0.25) is 10.1 Å². The molecule has 0 atom stereocenters. The number of hydrogen-bond acceptors (Lipinski definition) is 5. The third kappa shape index (κ3) is 3.11. The number of fused-ring (bicyclic) bond motifs is 1. The fraction of sp³-hybridized carbons (Fsp3) is 0.111. The lowest BCUT2D eigenvalue weighted by molar-refractivity contribution is 0.282. The molecule has 25 heavy (non-hydrogen) atoms. The molecule has 0 aliphatic rings. The fourth-order valence-corrected chi connectivity index (χ4v) is 3.41. The van der Waals surface area contributed by atoms with Crippen LogP contribution in [-0.2, 0) is 13.2 Å². The van der Waals surface area contributed by atoms with Gasteiger partial charge in [-0.25, -0.2) is 13.9 Å². The molecule has 0 saturated heterocycles. The highest BCUT2D eigenvalue weighted by Gasteiger charge is 2.13. The van der Waals surface area contributed by atoms with Gasteiger partial charge in [0.15, 0.2) is 0 Å². The Labute approximate surface area is 147 Å². The van der Waals surface area contributed by atoms with Gasteiger partial charge in [0.05, 0.1) is 18.5 Å². The number of rotatable bonds is 5. The lowest BCUT2D eigenvalue weighted by atomic mass is 10.1. The molecule has 0 amide bonds. The van der Waals surface area contributed by atoms with Gasteiger partial charge in [0, 0.05) is 12.1 Å². The SMILES string of the molecule is OCc1ccccc1-c1cnc2sc(NCc3ccc(F)cc3)nn12. The van der Waals surface area contributed by atoms with Gasteiger partial charge in [-0.2, -0.15) is 0 Å². The average molecular weight is 354 g/mol. The Morgan fingerprint density at radius 2 is 1.92 bits per heavy atom. The molecule has 2 aromatic carbocycles. The summed E-state index contributed by atoms with van der Waals surface area (Å²) in [5.41, 5.74) is 3.55. The third-order valence-corrected chi connectivity index (χ3v) is 4.79. The number of benzene rings is 2. The Hall–Kier alpha value is -2.77. The molecule has 2 N–H and O–H groups in total. The van der Waals surface area contributed by atoms with Gasteiger partial charge in [0.25, 0.3) is 0 Å². The van der Waals surface area contributed by atoms with E-state index in [1.54, 1.807) is 22.8 Å². The van der Waals surface area contributed by atoms with Crippen molar-refractivity contribution in [3.63, 3.8) is 0 Å². The first kappa shape index (κ1) is 15.7. The van der Waals surface area contributed by atoms with Crippen LogP contribution in [0.2, 0.25) is 0 Å². The van der Waals surface area contributed by atoms with Crippen molar-refractivity contribution in [3.8, 4) is 11.3 Å². The van der Waals surface area contributed by atoms with E-state index in [9.17, 15) is 9.50 Å². The topological polar surface area (TPSA) is 62.5 Å². The van der Waals surface area contributed by atoms with Crippen molar-refractivity contribution in [1.29, 1.82) is 0 Å². The van der Waals surface area contributed by atoms with E-state index in [1.165, 1.54) is 23.5 Å². The highest BCUT2D eigenvalue weighted by molar-refractivity contribution is 7.20. The van der Waals surface area contributed by atoms with E-state index < -0.39 is 0 Å². The first-order valence-corrected chi connectivity index (χ1v) is 8.58. The normalized spacial score (nSPS) is 11.1. The first-order chi connectivity index (χ1) is 12.2. The van der Waals surface area contributed by atoms with E-state index in [-0.39, 0.29) is 12.4 Å². The van der Waals surface area contributed by atoms with Gasteiger partial charge in [0.1, 0.15) is 5.82 Å². The second-order valence-corrected chi connectivity index (χ2v) is 6.50. The summed E-state index contributed by atoms with van der Waals surface area (Å²) in [6.07, 6.45) is 1.76. The number of aliphatic hydroxyl groups is 1. The van der Waals surface area contributed by atoms with E-state index in [1.807, 2.05) is 24.3 Å². The number of imidazole rings is 1. The zero-order valence-corrected chi connectivity index (χ0v) is 14.0. The smallest absolute Gasteiger partial charge is 0.214 e. The molecule has 4 rings (SSSR count). The molecule has 0 aliphatic carbocycles. The highest BCUT2D eigenvalue weighted by atomic mass is 32.1. The number of nitrogens with zero attached hydrogens (tertiary/aromatic N) is 3. The lowest BCUT2D eigenvalue weighted by Gasteiger charge is -2.05. The Morgan fingerprint density at radius 1 is 1.12 bits per heavy atom. The Kier molecular flexibility index (Phi) is 4.17. The number of aliphatic hydroxyl groups excluding tert-OH is 1. The summed E-state index contributed by atoms with van der Waals surface area (Å²) in [6, 6.07) is 14.0. The quantitative estimate of drug-likeness (QED) is 0.574. The second-order valence-electron chi connectivity index (χ2n) is 5.54. The number of aromatic nitrogens is 3. The molecule has 4 aromatic rings. The molecule has 126 valence electrons. The van der Waals surface area contributed by atoms with Crippen LogP contribution >= 0.6 is 11.3 Å². The van der Waals surface area contributed by atoms with E-state index in [0.29, 0.717) is 6.54 Å². The van der Waals surface area contributed by atoms with Gasteiger partial charge in [-0.3, -0.25) is 0 Å². The largest absolute Gasteiger partial charge is 0.392 e. The number of nitrogens with one attached hydrogen (secondary N) is 1. The van der Waals surface area contributed by atoms with Crippen LogP contribution in [0.25, 0.3) is 16.2 Å². The number of anilines is 1. The van der Waals surface area contributed by atoms with Crippen molar-refractivity contribution in [1.82, 2.24) is 14.6 Å². The van der Waals surface area contributed by atoms with Crippen LogP contribution in [0.15, 0.2) is 54.7 Å². The molecule has 2 aromatic heterocycles. The van der Waals surface area contributed by atoms with Crippen molar-refractivity contribution in [3.05, 3.63) is 71.7 Å². The lowest BCUT2D eigenvalue weighted by Crippen LogP contribution is -2.00. The van der Waals surface area contributed by atoms with Crippen LogP contribution in [0.3, 0.4) is 0 Å². The first-order valence-electron chi connectivity index (χ1n) is 7.76. The van der Waals surface area contributed by atoms with Crippen LogP contribution in [0.4, 0.5) is 9.52 Å². The van der Waals surface area contributed by atoms with Gasteiger partial charge in [-0.05, 0) is 23.3 Å². The molecule has 0 fully saturated rings. The molecule has 0 radical (unpaired) electrons. The van der Waals surface area contributed by atoms with E-state index in [0.717, 1.165) is 32.5 Å². The monoisotopic (exact) mass is 354 g/mol. The minimum Gasteiger partial charge on any atom is -0.392 e. The minimum atomic E-state index is -0.247. The molecule has 0 spiro atoms. The average Bonchev–Trinajstić information content (AvgIpc) is 3.21. The van der Waals surface area contributed by atoms with Crippen LogP contribution in [0, 0.1) is 5.82 Å². The minimum absolute atomic E-state index is 0.0385. The molecule has 2 heterocycles. The molecule has 5 nitrogen and oxygen atoms in total. The zero-order valence-electron chi connectivity index (χ0n) is 13.2. The summed E-state index contributed by atoms with van der Waals surface area (Å²) < 4.78 is 14.7. The Balaban J connectivity index is 1.61. The Bertz CT molecular complexity index is 1010.